The van der Waals surface area contributed by atoms with E-state index in [9.17, 15) is 24.5 Å². The van der Waals surface area contributed by atoms with Crippen LogP contribution in [0.15, 0.2) is 48.5 Å². The van der Waals surface area contributed by atoms with E-state index in [0.29, 0.717) is 31.7 Å². The van der Waals surface area contributed by atoms with E-state index in [2.05, 4.69) is 15.5 Å². The molecule has 0 radical (unpaired) electrons. The average molecular weight is 435 g/mol. The highest BCUT2D eigenvalue weighted by Crippen LogP contribution is 2.45. The van der Waals surface area contributed by atoms with Gasteiger partial charge in [-0.2, -0.15) is 0 Å². The molecule has 2 aromatic rings. The number of amides is 4. The van der Waals surface area contributed by atoms with Gasteiger partial charge in [-0.25, -0.2) is 4.79 Å². The Balaban J connectivity index is 1.56. The molecule has 3 aliphatic heterocycles. The number of nitrogens with zero attached hydrogens (tertiary/aromatic N) is 3. The number of fused-ring (bicyclic) bond motifs is 4. The predicted octanol–water partition coefficient (Wildman–Crippen LogP) is 1.19. The molecule has 10 heteroatoms. The molecule has 5 rings (SSSR count). The van der Waals surface area contributed by atoms with Crippen LogP contribution < -0.4 is 15.5 Å². The Hall–Kier alpha value is -3.79. The van der Waals surface area contributed by atoms with Crippen molar-refractivity contribution in [2.24, 2.45) is 5.41 Å². The first-order valence-electron chi connectivity index (χ1n) is 10.4. The number of urea groups is 1. The maximum absolute atomic E-state index is 13.2. The zero-order chi connectivity index (χ0) is 22.5. The summed E-state index contributed by atoms with van der Waals surface area (Å²) in [6.45, 7) is 2.33. The highest BCUT2D eigenvalue weighted by atomic mass is 16.6. The standard InChI is InChI=1S/C22H21N5O5/c28-19-22(20(29)24-21(30)23-19)11-15-10-16(27(31)32)6-7-17(15)26-9-8-25(13-18(22)26)12-14-4-2-1-3-5-14/h1-7,10,18H,8-9,11-13H2,(H2,23,24,28,29,30)/t18-/m0/s1. The largest absolute Gasteiger partial charge is 0.364 e. The second-order valence-corrected chi connectivity index (χ2v) is 8.39. The molecule has 32 heavy (non-hydrogen) atoms. The third-order valence-corrected chi connectivity index (χ3v) is 6.60. The van der Waals surface area contributed by atoms with Crippen molar-refractivity contribution in [3.63, 3.8) is 0 Å². The van der Waals surface area contributed by atoms with Crippen molar-refractivity contribution in [3.8, 4) is 0 Å². The van der Waals surface area contributed by atoms with Crippen LogP contribution in [-0.2, 0) is 22.6 Å². The van der Waals surface area contributed by atoms with Gasteiger partial charge in [-0.3, -0.25) is 35.2 Å². The van der Waals surface area contributed by atoms with Gasteiger partial charge in [0.05, 0.1) is 11.0 Å². The minimum Gasteiger partial charge on any atom is -0.364 e. The number of rotatable bonds is 3. The Kier molecular flexibility index (Phi) is 4.66. The maximum Gasteiger partial charge on any atom is 0.328 e. The van der Waals surface area contributed by atoms with Crippen molar-refractivity contribution in [2.75, 3.05) is 24.5 Å². The fraction of sp³-hybridized carbons (Fsp3) is 0.318. The molecular weight excluding hydrogens is 414 g/mol. The molecule has 2 aromatic carbocycles. The van der Waals surface area contributed by atoms with E-state index < -0.39 is 34.2 Å². The van der Waals surface area contributed by atoms with Gasteiger partial charge in [-0.05, 0) is 17.2 Å². The molecule has 2 fully saturated rings. The predicted molar refractivity (Wildman–Crippen MR) is 114 cm³/mol. The number of imide groups is 2. The van der Waals surface area contributed by atoms with Crippen LogP contribution in [0.3, 0.4) is 0 Å². The van der Waals surface area contributed by atoms with E-state index in [4.69, 9.17) is 0 Å². The van der Waals surface area contributed by atoms with Crippen LogP contribution in [0, 0.1) is 15.5 Å². The van der Waals surface area contributed by atoms with Gasteiger partial charge in [0.25, 0.3) is 5.69 Å². The van der Waals surface area contributed by atoms with E-state index in [0.717, 1.165) is 11.3 Å². The van der Waals surface area contributed by atoms with E-state index in [1.807, 2.05) is 35.2 Å². The average Bonchev–Trinajstić information content (AvgIpc) is 2.77. The van der Waals surface area contributed by atoms with Crippen LogP contribution in [0.5, 0.6) is 0 Å². The van der Waals surface area contributed by atoms with E-state index in [-0.39, 0.29) is 12.1 Å². The number of nitro groups is 1. The fourth-order valence-corrected chi connectivity index (χ4v) is 5.09. The zero-order valence-electron chi connectivity index (χ0n) is 17.1. The summed E-state index contributed by atoms with van der Waals surface area (Å²) >= 11 is 0. The highest BCUT2D eigenvalue weighted by Gasteiger charge is 2.60. The van der Waals surface area contributed by atoms with Crippen molar-refractivity contribution in [1.82, 2.24) is 15.5 Å². The molecule has 0 aromatic heterocycles. The third kappa shape index (κ3) is 3.11. The number of barbiturate groups is 1. The molecule has 3 heterocycles. The summed E-state index contributed by atoms with van der Waals surface area (Å²) in [6.07, 6.45) is -0.0185. The van der Waals surface area contributed by atoms with Gasteiger partial charge in [-0.1, -0.05) is 30.3 Å². The number of carbonyl (C=O) groups excluding carboxylic acids is 3. The SMILES string of the molecule is O=C1NC(=O)C2(Cc3cc([N+](=O)[O-])ccc3N3CCN(Cc4ccccc4)C[C@H]32)C(=O)N1. The van der Waals surface area contributed by atoms with Crippen LogP contribution in [0.25, 0.3) is 0 Å². The van der Waals surface area contributed by atoms with Crippen LogP contribution in [0.2, 0.25) is 0 Å². The van der Waals surface area contributed by atoms with Crippen molar-refractivity contribution in [3.05, 3.63) is 69.8 Å². The summed E-state index contributed by atoms with van der Waals surface area (Å²) in [4.78, 5) is 53.1. The fourth-order valence-electron chi connectivity index (χ4n) is 5.09. The summed E-state index contributed by atoms with van der Waals surface area (Å²) in [7, 11) is 0. The summed E-state index contributed by atoms with van der Waals surface area (Å²) in [5, 5.41) is 15.8. The number of nitro benzene ring substituents is 1. The summed E-state index contributed by atoms with van der Waals surface area (Å²) in [6, 6.07) is 13.1. The molecule has 10 nitrogen and oxygen atoms in total. The lowest BCUT2D eigenvalue weighted by molar-refractivity contribution is -0.384. The first kappa shape index (κ1) is 20.1. The Morgan fingerprint density at radius 3 is 2.44 bits per heavy atom. The zero-order valence-corrected chi connectivity index (χ0v) is 17.1. The van der Waals surface area contributed by atoms with Gasteiger partial charge < -0.3 is 4.90 Å². The molecule has 4 amide bonds. The van der Waals surface area contributed by atoms with E-state index >= 15 is 0 Å². The molecule has 0 bridgehead atoms. The molecule has 1 spiro atoms. The van der Waals surface area contributed by atoms with Gasteiger partial charge in [-0.15, -0.1) is 0 Å². The number of piperazine rings is 1. The number of hydrogen-bond acceptors (Lipinski definition) is 7. The minimum atomic E-state index is -1.56. The second kappa shape index (κ2) is 7.41. The van der Waals surface area contributed by atoms with Gasteiger partial charge in [0.1, 0.15) is 0 Å². The number of hydrogen-bond donors (Lipinski definition) is 2. The number of benzene rings is 2. The second-order valence-electron chi connectivity index (χ2n) is 8.39. The molecule has 0 unspecified atom stereocenters. The Morgan fingerprint density at radius 1 is 1.03 bits per heavy atom. The number of anilines is 1. The smallest absolute Gasteiger partial charge is 0.328 e. The van der Waals surface area contributed by atoms with Crippen LogP contribution in [0.1, 0.15) is 11.1 Å². The Labute approximate surface area is 183 Å². The molecular formula is C22H21N5O5. The monoisotopic (exact) mass is 435 g/mol. The van der Waals surface area contributed by atoms with Gasteiger partial charge >= 0.3 is 6.03 Å². The molecule has 2 N–H and O–H groups in total. The van der Waals surface area contributed by atoms with E-state index in [1.54, 1.807) is 6.07 Å². The quantitative estimate of drug-likeness (QED) is 0.422. The van der Waals surface area contributed by atoms with Gasteiger partial charge in [0, 0.05) is 50.4 Å². The Bertz CT molecular complexity index is 1110. The first-order valence-corrected chi connectivity index (χ1v) is 10.4. The summed E-state index contributed by atoms with van der Waals surface area (Å²) < 4.78 is 0. The van der Waals surface area contributed by atoms with Crippen LogP contribution >= 0.6 is 0 Å². The number of nitrogens with one attached hydrogen (secondary N) is 2. The third-order valence-electron chi connectivity index (χ3n) is 6.60. The van der Waals surface area contributed by atoms with Gasteiger partial charge in [0.2, 0.25) is 11.8 Å². The minimum absolute atomic E-state index is 0.0185. The van der Waals surface area contributed by atoms with E-state index in [1.165, 1.54) is 12.1 Å². The Morgan fingerprint density at radius 2 is 1.75 bits per heavy atom. The molecule has 0 aliphatic carbocycles. The maximum atomic E-state index is 13.2. The molecule has 1 atom stereocenters. The summed E-state index contributed by atoms with van der Waals surface area (Å²) in [5.74, 6) is -1.33. The lowest BCUT2D eigenvalue weighted by Gasteiger charge is -2.54. The first-order chi connectivity index (χ1) is 15.4. The summed E-state index contributed by atoms with van der Waals surface area (Å²) in [5.41, 5.74) is 0.780. The lowest BCUT2D eigenvalue weighted by atomic mass is 9.68. The topological polar surface area (TPSA) is 125 Å². The van der Waals surface area contributed by atoms with Crippen molar-refractivity contribution in [1.29, 1.82) is 0 Å². The van der Waals surface area contributed by atoms with Crippen molar-refractivity contribution >= 4 is 29.2 Å². The van der Waals surface area contributed by atoms with Crippen molar-refractivity contribution < 1.29 is 19.3 Å². The van der Waals surface area contributed by atoms with Crippen LogP contribution in [-0.4, -0.2) is 53.3 Å². The number of non-ortho nitro benzene ring substituents is 1. The van der Waals surface area contributed by atoms with Crippen LogP contribution in [0.4, 0.5) is 16.2 Å². The highest BCUT2D eigenvalue weighted by molar-refractivity contribution is 6.20. The normalized spacial score (nSPS) is 22.1. The molecule has 0 saturated carbocycles. The molecule has 3 aliphatic rings. The molecule has 164 valence electrons. The van der Waals surface area contributed by atoms with Crippen molar-refractivity contribution in [2.45, 2.75) is 19.0 Å². The lowest BCUT2D eigenvalue weighted by Crippen LogP contribution is -2.74. The molecule has 2 saturated heterocycles. The number of carbonyl (C=O) groups is 3. The van der Waals surface area contributed by atoms with Gasteiger partial charge in [0.15, 0.2) is 5.41 Å².